The molecule has 10 nitrogen and oxygen atoms in total. The largest absolute Gasteiger partial charge is 0.461 e. The molecule has 4 aromatic rings. The number of hydrogen-bond donors (Lipinski definition) is 0. The number of carbonyl (C=O) groups is 1. The lowest BCUT2D eigenvalue weighted by Gasteiger charge is -2.31. The van der Waals surface area contributed by atoms with Gasteiger partial charge in [-0.2, -0.15) is 9.97 Å². The van der Waals surface area contributed by atoms with E-state index >= 15 is 4.39 Å². The van der Waals surface area contributed by atoms with Crippen molar-refractivity contribution in [1.29, 1.82) is 0 Å². The normalized spacial score (nSPS) is 22.2. The second-order valence-electron chi connectivity index (χ2n) is 14.0. The van der Waals surface area contributed by atoms with E-state index in [9.17, 15) is 9.18 Å². The Morgan fingerprint density at radius 2 is 1.98 bits per heavy atom. The van der Waals surface area contributed by atoms with E-state index in [-0.39, 0.29) is 35.8 Å². The van der Waals surface area contributed by atoms with Crippen LogP contribution in [0.1, 0.15) is 25.7 Å². The van der Waals surface area contributed by atoms with Crippen LogP contribution in [0.15, 0.2) is 54.7 Å². The lowest BCUT2D eigenvalue weighted by atomic mass is 9.95. The maximum Gasteiger partial charge on any atom is 0.319 e. The van der Waals surface area contributed by atoms with Crippen LogP contribution in [0.25, 0.3) is 32.9 Å². The van der Waals surface area contributed by atoms with Crippen molar-refractivity contribution in [2.75, 3.05) is 78.6 Å². The Hall–Kier alpha value is -3.97. The number of nitrogens with zero attached hydrogens (tertiary/aromatic N) is 7. The van der Waals surface area contributed by atoms with Gasteiger partial charge in [-0.3, -0.25) is 14.7 Å². The van der Waals surface area contributed by atoms with E-state index in [4.69, 9.17) is 26.1 Å². The molecule has 0 bridgehead atoms. The third-order valence-corrected chi connectivity index (χ3v) is 11.0. The molecule has 1 unspecified atom stereocenters. The number of alkyl halides is 1. The number of likely N-dealkylation sites (N-methyl/N-ethyl adjacent to an activating group) is 2. The molecule has 0 saturated carbocycles. The Kier molecular flexibility index (Phi) is 10.4. The SMILES string of the molecule is COCCN(C)C/C=C/C(=O)N1CC[C@@H](N(C)c2nc(OCC34CCCN3C[C@H](F)C4)nc3c(F)c(-c4cccc5cccc(Cl)c45)ncc23)C1. The van der Waals surface area contributed by atoms with E-state index < -0.39 is 17.5 Å². The Labute approximate surface area is 302 Å². The number of likely N-dealkylation sites (tertiary alicyclic amines) is 1. The molecular weight excluding hydrogens is 676 g/mol. The topological polar surface area (TPSA) is 87.2 Å². The van der Waals surface area contributed by atoms with Crippen molar-refractivity contribution in [2.24, 2.45) is 0 Å². The first-order valence-electron chi connectivity index (χ1n) is 17.6. The van der Waals surface area contributed by atoms with Crippen LogP contribution >= 0.6 is 11.6 Å². The van der Waals surface area contributed by atoms with E-state index in [0.29, 0.717) is 72.8 Å². The molecule has 3 fully saturated rings. The van der Waals surface area contributed by atoms with Gasteiger partial charge < -0.3 is 24.2 Å². The molecule has 3 atom stereocenters. The highest BCUT2D eigenvalue weighted by atomic mass is 35.5. The zero-order valence-corrected chi connectivity index (χ0v) is 30.1. The molecule has 5 heterocycles. The van der Waals surface area contributed by atoms with Crippen LogP contribution < -0.4 is 9.64 Å². The fourth-order valence-electron chi connectivity index (χ4n) is 7.89. The Morgan fingerprint density at radius 1 is 1.16 bits per heavy atom. The minimum atomic E-state index is -0.911. The average molecular weight is 720 g/mol. The fraction of sp³-hybridized carbons (Fsp3) is 0.474. The zero-order chi connectivity index (χ0) is 35.7. The minimum Gasteiger partial charge on any atom is -0.461 e. The molecule has 270 valence electrons. The number of amides is 1. The van der Waals surface area contributed by atoms with Gasteiger partial charge in [0.25, 0.3) is 0 Å². The number of anilines is 1. The molecule has 2 aromatic heterocycles. The van der Waals surface area contributed by atoms with Crippen LogP contribution in [-0.4, -0.2) is 127 Å². The molecule has 51 heavy (non-hydrogen) atoms. The first-order valence-corrected chi connectivity index (χ1v) is 18.0. The van der Waals surface area contributed by atoms with Crippen LogP contribution in [0.3, 0.4) is 0 Å². The molecular formula is C38H44ClF2N7O3. The van der Waals surface area contributed by atoms with Crippen LogP contribution in [0.2, 0.25) is 5.02 Å². The van der Waals surface area contributed by atoms with E-state index in [1.165, 1.54) is 0 Å². The summed E-state index contributed by atoms with van der Waals surface area (Å²) in [5.74, 6) is -0.220. The summed E-state index contributed by atoms with van der Waals surface area (Å²) in [5.41, 5.74) is 0.312. The zero-order valence-electron chi connectivity index (χ0n) is 29.3. The van der Waals surface area contributed by atoms with Gasteiger partial charge >= 0.3 is 6.01 Å². The predicted octanol–water partition coefficient (Wildman–Crippen LogP) is 5.76. The summed E-state index contributed by atoms with van der Waals surface area (Å²) in [6.07, 6.45) is 7.05. The number of pyridine rings is 1. The summed E-state index contributed by atoms with van der Waals surface area (Å²) in [6, 6.07) is 11.1. The van der Waals surface area contributed by atoms with Crippen molar-refractivity contribution in [1.82, 2.24) is 29.7 Å². The number of fused-ring (bicyclic) bond motifs is 3. The Bertz CT molecular complexity index is 1940. The van der Waals surface area contributed by atoms with Gasteiger partial charge in [0.05, 0.1) is 17.5 Å². The molecule has 3 saturated heterocycles. The van der Waals surface area contributed by atoms with Crippen molar-refractivity contribution in [3.8, 4) is 17.3 Å². The summed E-state index contributed by atoms with van der Waals surface area (Å²) in [4.78, 5) is 35.2. The summed E-state index contributed by atoms with van der Waals surface area (Å²) in [7, 11) is 5.54. The van der Waals surface area contributed by atoms with Gasteiger partial charge in [-0.05, 0) is 44.3 Å². The van der Waals surface area contributed by atoms with E-state index in [1.54, 1.807) is 31.5 Å². The highest BCUT2D eigenvalue weighted by Gasteiger charge is 2.49. The van der Waals surface area contributed by atoms with Crippen molar-refractivity contribution in [3.05, 3.63) is 65.6 Å². The second kappa shape index (κ2) is 14.9. The van der Waals surface area contributed by atoms with Gasteiger partial charge in [0.2, 0.25) is 5.91 Å². The van der Waals surface area contributed by atoms with Crippen LogP contribution in [0.4, 0.5) is 14.6 Å². The highest BCUT2D eigenvalue weighted by Crippen LogP contribution is 2.41. The second-order valence-corrected chi connectivity index (χ2v) is 14.4. The van der Waals surface area contributed by atoms with Crippen molar-refractivity contribution in [3.63, 3.8) is 0 Å². The number of benzene rings is 2. The van der Waals surface area contributed by atoms with E-state index in [2.05, 4.69) is 19.8 Å². The fourth-order valence-corrected chi connectivity index (χ4v) is 8.18. The number of carbonyl (C=O) groups excluding carboxylic acids is 1. The van der Waals surface area contributed by atoms with E-state index in [0.717, 1.165) is 31.3 Å². The van der Waals surface area contributed by atoms with Crippen LogP contribution in [0.5, 0.6) is 6.01 Å². The highest BCUT2D eigenvalue weighted by molar-refractivity contribution is 6.36. The molecule has 13 heteroatoms. The quantitative estimate of drug-likeness (QED) is 0.170. The van der Waals surface area contributed by atoms with E-state index in [1.807, 2.05) is 54.2 Å². The summed E-state index contributed by atoms with van der Waals surface area (Å²) >= 11 is 6.63. The minimum absolute atomic E-state index is 0.0198. The third-order valence-electron chi connectivity index (χ3n) is 10.7. The number of rotatable bonds is 12. The van der Waals surface area contributed by atoms with Crippen molar-refractivity contribution < 1.29 is 23.0 Å². The number of aromatic nitrogens is 3. The smallest absolute Gasteiger partial charge is 0.319 e. The standard InChI is InChI=1S/C38H44ClF2N7O3/c1-45(18-19-50-3)15-6-12-31(49)47-17-13-27(23-47)46(2)36-29-21-42-34(28-10-4-8-25-9-5-11-30(39)32(25)28)33(41)35(29)43-37(44-36)51-24-38-14-7-16-48(38)22-26(40)20-38/h4-6,8-12,21,26-27H,7,13-20,22-24H2,1-3H3/b12-6+/t26-,27-,38?/m1/s1. The Balaban J connectivity index is 1.20. The molecule has 7 rings (SSSR count). The van der Waals surface area contributed by atoms with Crippen LogP contribution in [0, 0.1) is 5.82 Å². The molecule has 0 N–H and O–H groups in total. The van der Waals surface area contributed by atoms with Crippen molar-refractivity contribution in [2.45, 2.75) is 43.4 Å². The summed E-state index contributed by atoms with van der Waals surface area (Å²) in [5, 5.41) is 2.48. The summed E-state index contributed by atoms with van der Waals surface area (Å²) < 4.78 is 42.8. The van der Waals surface area contributed by atoms with Gasteiger partial charge in [-0.1, -0.05) is 48.0 Å². The van der Waals surface area contributed by atoms with Gasteiger partial charge in [-0.15, -0.1) is 0 Å². The molecule has 3 aliphatic rings. The molecule has 0 spiro atoms. The summed E-state index contributed by atoms with van der Waals surface area (Å²) in [6.45, 7) is 4.50. The van der Waals surface area contributed by atoms with Gasteiger partial charge in [0.15, 0.2) is 5.82 Å². The molecule has 1 amide bonds. The molecule has 0 aliphatic carbocycles. The lowest BCUT2D eigenvalue weighted by Crippen LogP contribution is -2.43. The average Bonchev–Trinajstić information content (AvgIpc) is 3.84. The third kappa shape index (κ3) is 7.11. The lowest BCUT2D eigenvalue weighted by molar-refractivity contribution is -0.125. The van der Waals surface area contributed by atoms with Crippen LogP contribution in [-0.2, 0) is 9.53 Å². The number of halogens is 3. The predicted molar refractivity (Wildman–Crippen MR) is 196 cm³/mol. The number of hydrogen-bond acceptors (Lipinski definition) is 9. The monoisotopic (exact) mass is 719 g/mol. The van der Waals surface area contributed by atoms with Gasteiger partial charge in [0.1, 0.15) is 29.8 Å². The first kappa shape index (κ1) is 35.4. The maximum atomic E-state index is 16.8. The van der Waals surface area contributed by atoms with Gasteiger partial charge in [-0.25, -0.2) is 8.78 Å². The van der Waals surface area contributed by atoms with Crippen molar-refractivity contribution >= 4 is 45.0 Å². The number of ether oxygens (including phenoxy) is 2. The maximum absolute atomic E-state index is 16.8. The molecule has 3 aliphatic heterocycles. The van der Waals surface area contributed by atoms with Gasteiger partial charge in [0, 0.05) is 87.6 Å². The molecule has 0 radical (unpaired) electrons. The number of methoxy groups -OCH3 is 1. The Morgan fingerprint density at radius 3 is 2.80 bits per heavy atom. The first-order chi connectivity index (χ1) is 24.7. The molecule has 2 aromatic carbocycles.